The van der Waals surface area contributed by atoms with Crippen molar-refractivity contribution in [3.8, 4) is 11.5 Å². The lowest BCUT2D eigenvalue weighted by atomic mass is 9.95. The van der Waals surface area contributed by atoms with E-state index in [0.29, 0.717) is 30.4 Å². The van der Waals surface area contributed by atoms with Gasteiger partial charge in [-0.15, -0.1) is 0 Å². The van der Waals surface area contributed by atoms with E-state index in [2.05, 4.69) is 10.6 Å². The van der Waals surface area contributed by atoms with Gasteiger partial charge in [-0.25, -0.2) is 4.79 Å². The molecule has 1 atom stereocenters. The standard InChI is InChI=1S/C24H28N2O6/c1-14(2)22(17-8-9-19-20(12-17)31-11-10-30-19)26-21(28)13-32-24(29)18-7-5-6-15(3)23(18)25-16(4)27/h5-9,12,14,22H,10-11,13H2,1-4H3,(H,25,27)(H,26,28)/t22-/m1/s1. The Morgan fingerprint density at radius 3 is 2.47 bits per heavy atom. The highest BCUT2D eigenvalue weighted by Gasteiger charge is 2.23. The van der Waals surface area contributed by atoms with Crippen molar-refractivity contribution in [2.24, 2.45) is 5.92 Å². The van der Waals surface area contributed by atoms with Crippen LogP contribution in [0.5, 0.6) is 11.5 Å². The first-order valence-corrected chi connectivity index (χ1v) is 10.5. The number of carbonyl (C=O) groups is 3. The van der Waals surface area contributed by atoms with Crippen LogP contribution in [0.15, 0.2) is 36.4 Å². The van der Waals surface area contributed by atoms with E-state index in [-0.39, 0.29) is 23.4 Å². The van der Waals surface area contributed by atoms with Gasteiger partial charge in [0, 0.05) is 6.92 Å². The SMILES string of the molecule is CC(=O)Nc1c(C)cccc1C(=O)OCC(=O)N[C@@H](c1ccc2c(c1)OCCO2)C(C)C. The van der Waals surface area contributed by atoms with Gasteiger partial charge in [0.05, 0.1) is 17.3 Å². The average molecular weight is 440 g/mol. The highest BCUT2D eigenvalue weighted by Crippen LogP contribution is 2.34. The van der Waals surface area contributed by atoms with Gasteiger partial charge in [0.2, 0.25) is 5.91 Å². The van der Waals surface area contributed by atoms with Crippen LogP contribution in [-0.4, -0.2) is 37.6 Å². The van der Waals surface area contributed by atoms with Gasteiger partial charge < -0.3 is 24.8 Å². The molecule has 2 aromatic carbocycles. The summed E-state index contributed by atoms with van der Waals surface area (Å²) in [6, 6.07) is 10.3. The van der Waals surface area contributed by atoms with Gasteiger partial charge in [0.1, 0.15) is 13.2 Å². The van der Waals surface area contributed by atoms with Gasteiger partial charge >= 0.3 is 5.97 Å². The fourth-order valence-electron chi connectivity index (χ4n) is 3.49. The van der Waals surface area contributed by atoms with Gasteiger partial charge in [0.15, 0.2) is 18.1 Å². The zero-order valence-electron chi connectivity index (χ0n) is 18.7. The molecule has 8 nitrogen and oxygen atoms in total. The summed E-state index contributed by atoms with van der Waals surface area (Å²) < 4.78 is 16.4. The molecule has 32 heavy (non-hydrogen) atoms. The van der Waals surface area contributed by atoms with E-state index in [0.717, 1.165) is 11.1 Å². The number of amides is 2. The summed E-state index contributed by atoms with van der Waals surface area (Å²) in [5.41, 5.74) is 2.16. The van der Waals surface area contributed by atoms with Crippen molar-refractivity contribution in [3.63, 3.8) is 0 Å². The Hall–Kier alpha value is -3.55. The number of para-hydroxylation sites is 1. The molecule has 0 aliphatic carbocycles. The third-order valence-corrected chi connectivity index (χ3v) is 5.04. The molecule has 2 amide bonds. The molecular weight excluding hydrogens is 412 g/mol. The van der Waals surface area contributed by atoms with Crippen LogP contribution >= 0.6 is 0 Å². The highest BCUT2D eigenvalue weighted by molar-refractivity contribution is 6.02. The minimum atomic E-state index is -0.687. The Kier molecular flexibility index (Phi) is 7.35. The summed E-state index contributed by atoms with van der Waals surface area (Å²) >= 11 is 0. The van der Waals surface area contributed by atoms with Crippen molar-refractivity contribution in [3.05, 3.63) is 53.1 Å². The number of carbonyl (C=O) groups excluding carboxylic acids is 3. The van der Waals surface area contributed by atoms with E-state index in [1.165, 1.54) is 6.92 Å². The number of benzene rings is 2. The molecule has 0 spiro atoms. The Balaban J connectivity index is 1.66. The zero-order chi connectivity index (χ0) is 23.3. The lowest BCUT2D eigenvalue weighted by Crippen LogP contribution is -2.35. The molecule has 8 heteroatoms. The Morgan fingerprint density at radius 2 is 1.78 bits per heavy atom. The van der Waals surface area contributed by atoms with Gasteiger partial charge in [-0.1, -0.05) is 32.0 Å². The lowest BCUT2D eigenvalue weighted by molar-refractivity contribution is -0.125. The van der Waals surface area contributed by atoms with E-state index in [1.807, 2.05) is 32.0 Å². The Morgan fingerprint density at radius 1 is 1.06 bits per heavy atom. The molecule has 0 aromatic heterocycles. The van der Waals surface area contributed by atoms with Gasteiger partial charge in [-0.05, 0) is 42.2 Å². The molecule has 170 valence electrons. The summed E-state index contributed by atoms with van der Waals surface area (Å²) in [5, 5.41) is 5.56. The maximum atomic E-state index is 12.6. The molecule has 0 radical (unpaired) electrons. The number of aryl methyl sites for hydroxylation is 1. The monoisotopic (exact) mass is 440 g/mol. The van der Waals surface area contributed by atoms with Crippen LogP contribution < -0.4 is 20.1 Å². The molecule has 2 N–H and O–H groups in total. The van der Waals surface area contributed by atoms with Crippen LogP contribution in [0, 0.1) is 12.8 Å². The van der Waals surface area contributed by atoms with Crippen LogP contribution in [0.1, 0.15) is 48.3 Å². The normalized spacial score (nSPS) is 13.3. The predicted octanol–water partition coefficient (Wildman–Crippen LogP) is 3.39. The second-order valence-electron chi connectivity index (χ2n) is 7.95. The molecule has 0 unspecified atom stereocenters. The van der Waals surface area contributed by atoms with E-state index in [4.69, 9.17) is 14.2 Å². The smallest absolute Gasteiger partial charge is 0.340 e. The third kappa shape index (κ3) is 5.57. The van der Waals surface area contributed by atoms with Crippen molar-refractivity contribution in [1.82, 2.24) is 5.32 Å². The highest BCUT2D eigenvalue weighted by atomic mass is 16.6. The van der Waals surface area contributed by atoms with E-state index >= 15 is 0 Å². The van der Waals surface area contributed by atoms with E-state index in [9.17, 15) is 14.4 Å². The fourth-order valence-corrected chi connectivity index (χ4v) is 3.49. The fraction of sp³-hybridized carbons (Fsp3) is 0.375. The molecule has 0 bridgehead atoms. The lowest BCUT2D eigenvalue weighted by Gasteiger charge is -2.25. The number of esters is 1. The molecule has 3 rings (SSSR count). The molecule has 1 aliphatic rings. The first-order chi connectivity index (χ1) is 15.3. The Bertz CT molecular complexity index is 1020. The maximum absolute atomic E-state index is 12.6. The molecule has 0 fully saturated rings. The number of nitrogens with one attached hydrogen (secondary N) is 2. The van der Waals surface area contributed by atoms with Crippen LogP contribution in [0.25, 0.3) is 0 Å². The van der Waals surface area contributed by atoms with Crippen molar-refractivity contribution in [2.45, 2.75) is 33.7 Å². The quantitative estimate of drug-likeness (QED) is 0.640. The summed E-state index contributed by atoms with van der Waals surface area (Å²) in [5.74, 6) is -0.0136. The van der Waals surface area contributed by atoms with Crippen molar-refractivity contribution in [1.29, 1.82) is 0 Å². The Labute approximate surface area is 187 Å². The summed E-state index contributed by atoms with van der Waals surface area (Å²) in [6.07, 6.45) is 0. The van der Waals surface area contributed by atoms with Crippen LogP contribution in [0.4, 0.5) is 5.69 Å². The topological polar surface area (TPSA) is 103 Å². The minimum absolute atomic E-state index is 0.0837. The first-order valence-electron chi connectivity index (χ1n) is 10.5. The summed E-state index contributed by atoms with van der Waals surface area (Å²) in [7, 11) is 0. The van der Waals surface area contributed by atoms with Crippen molar-refractivity contribution in [2.75, 3.05) is 25.1 Å². The van der Waals surface area contributed by atoms with Crippen molar-refractivity contribution < 1.29 is 28.6 Å². The molecule has 2 aromatic rings. The first kappa shape index (κ1) is 23.1. The predicted molar refractivity (Wildman–Crippen MR) is 119 cm³/mol. The molecule has 1 heterocycles. The number of hydrogen-bond acceptors (Lipinski definition) is 6. The van der Waals surface area contributed by atoms with Crippen LogP contribution in [0.2, 0.25) is 0 Å². The van der Waals surface area contributed by atoms with Gasteiger partial charge in [-0.2, -0.15) is 0 Å². The largest absolute Gasteiger partial charge is 0.486 e. The second kappa shape index (κ2) is 10.2. The van der Waals surface area contributed by atoms with Crippen LogP contribution in [0.3, 0.4) is 0 Å². The molecule has 0 saturated carbocycles. The van der Waals surface area contributed by atoms with Gasteiger partial charge in [-0.3, -0.25) is 9.59 Å². The summed E-state index contributed by atoms with van der Waals surface area (Å²) in [4.78, 5) is 36.6. The van der Waals surface area contributed by atoms with Gasteiger partial charge in [0.25, 0.3) is 5.91 Å². The minimum Gasteiger partial charge on any atom is -0.486 e. The summed E-state index contributed by atoms with van der Waals surface area (Å²) in [6.45, 7) is 7.64. The number of rotatable bonds is 7. The second-order valence-corrected chi connectivity index (χ2v) is 7.95. The number of ether oxygens (including phenoxy) is 3. The number of anilines is 1. The molecule has 1 aliphatic heterocycles. The third-order valence-electron chi connectivity index (χ3n) is 5.04. The number of fused-ring (bicyclic) bond motifs is 1. The zero-order valence-corrected chi connectivity index (χ0v) is 18.7. The molecule has 0 saturated heterocycles. The maximum Gasteiger partial charge on any atom is 0.340 e. The number of hydrogen-bond donors (Lipinski definition) is 2. The van der Waals surface area contributed by atoms with E-state index < -0.39 is 18.5 Å². The van der Waals surface area contributed by atoms with Crippen molar-refractivity contribution >= 4 is 23.5 Å². The van der Waals surface area contributed by atoms with E-state index in [1.54, 1.807) is 25.1 Å². The average Bonchev–Trinajstić information content (AvgIpc) is 2.76. The molecular formula is C24H28N2O6. The van der Waals surface area contributed by atoms with Crippen LogP contribution in [-0.2, 0) is 14.3 Å².